The number of hydrogen-bond acceptors (Lipinski definition) is 3. The summed E-state index contributed by atoms with van der Waals surface area (Å²) in [6.45, 7) is 3.91. The number of hydrogen-bond donors (Lipinski definition) is 1. The van der Waals surface area contributed by atoms with E-state index < -0.39 is 11.7 Å². The first kappa shape index (κ1) is 12.7. The van der Waals surface area contributed by atoms with Crippen LogP contribution in [-0.4, -0.2) is 10.9 Å². The van der Waals surface area contributed by atoms with Gasteiger partial charge in [0.05, 0.1) is 17.1 Å². The van der Waals surface area contributed by atoms with Gasteiger partial charge in [0, 0.05) is 11.1 Å². The number of benzene rings is 1. The van der Waals surface area contributed by atoms with Crippen LogP contribution in [0.15, 0.2) is 24.4 Å². The van der Waals surface area contributed by atoms with Crippen LogP contribution in [0.2, 0.25) is 0 Å². The number of amides is 1. The predicted molar refractivity (Wildman–Crippen MR) is 69.2 cm³/mol. The molecule has 1 amide bonds. The Hall–Kier alpha value is -1.75. The van der Waals surface area contributed by atoms with Crippen molar-refractivity contribution in [1.29, 1.82) is 0 Å². The second-order valence-corrected chi connectivity index (χ2v) is 5.28. The highest BCUT2D eigenvalue weighted by molar-refractivity contribution is 7.11. The molecule has 3 nitrogen and oxygen atoms in total. The van der Waals surface area contributed by atoms with Gasteiger partial charge >= 0.3 is 0 Å². The highest BCUT2D eigenvalue weighted by atomic mass is 32.1. The molecule has 1 heterocycles. The highest BCUT2D eigenvalue weighted by Gasteiger charge is 2.12. The molecule has 1 N–H and O–H groups in total. The highest BCUT2D eigenvalue weighted by Crippen LogP contribution is 2.13. The molecule has 0 aliphatic heterocycles. The zero-order valence-electron chi connectivity index (χ0n) is 10.2. The Morgan fingerprint density at radius 1 is 1.44 bits per heavy atom. The molecule has 2 rings (SSSR count). The molecular formula is C13H13FN2OS. The van der Waals surface area contributed by atoms with Gasteiger partial charge in [-0.3, -0.25) is 4.79 Å². The van der Waals surface area contributed by atoms with E-state index >= 15 is 0 Å². The number of carbonyl (C=O) groups is 1. The zero-order chi connectivity index (χ0) is 13.1. The third kappa shape index (κ3) is 2.73. The van der Waals surface area contributed by atoms with Crippen molar-refractivity contribution in [2.75, 3.05) is 0 Å². The lowest BCUT2D eigenvalue weighted by Gasteiger charge is -2.06. The molecule has 0 radical (unpaired) electrons. The van der Waals surface area contributed by atoms with Gasteiger partial charge in [0.1, 0.15) is 5.82 Å². The van der Waals surface area contributed by atoms with E-state index in [0.29, 0.717) is 12.1 Å². The van der Waals surface area contributed by atoms with E-state index in [2.05, 4.69) is 10.3 Å². The van der Waals surface area contributed by atoms with Crippen LogP contribution in [0.5, 0.6) is 0 Å². The molecule has 2 aromatic rings. The Bertz CT molecular complexity index is 580. The van der Waals surface area contributed by atoms with Crippen molar-refractivity contribution in [3.05, 3.63) is 51.2 Å². The average molecular weight is 264 g/mol. The van der Waals surface area contributed by atoms with Crippen LogP contribution in [0.1, 0.15) is 25.8 Å². The maximum atomic E-state index is 13.7. The number of carbonyl (C=O) groups excluding carboxylic acids is 1. The Morgan fingerprint density at radius 3 is 2.89 bits per heavy atom. The second-order valence-electron chi connectivity index (χ2n) is 3.96. The van der Waals surface area contributed by atoms with Crippen LogP contribution < -0.4 is 5.32 Å². The molecule has 0 saturated carbocycles. The Morgan fingerprint density at radius 2 is 2.22 bits per heavy atom. The van der Waals surface area contributed by atoms with Crippen LogP contribution in [0, 0.1) is 19.7 Å². The summed E-state index contributed by atoms with van der Waals surface area (Å²) in [6.07, 6.45) is 1.72. The normalized spacial score (nSPS) is 10.4. The fourth-order valence-corrected chi connectivity index (χ4v) is 2.31. The summed E-state index contributed by atoms with van der Waals surface area (Å²) < 4.78 is 13.7. The van der Waals surface area contributed by atoms with E-state index in [1.54, 1.807) is 25.3 Å². The molecule has 0 aliphatic rings. The van der Waals surface area contributed by atoms with Gasteiger partial charge in [0.15, 0.2) is 0 Å². The zero-order valence-corrected chi connectivity index (χ0v) is 11.0. The molecule has 0 bridgehead atoms. The lowest BCUT2D eigenvalue weighted by molar-refractivity contribution is 0.0947. The van der Waals surface area contributed by atoms with Gasteiger partial charge in [-0.05, 0) is 25.5 Å². The summed E-state index contributed by atoms with van der Waals surface area (Å²) in [4.78, 5) is 16.9. The van der Waals surface area contributed by atoms with Crippen LogP contribution in [0.4, 0.5) is 4.39 Å². The van der Waals surface area contributed by atoms with Crippen molar-refractivity contribution in [3.63, 3.8) is 0 Å². The van der Waals surface area contributed by atoms with Crippen molar-refractivity contribution >= 4 is 17.2 Å². The standard InChI is InChI=1S/C13H13FN2OS/c1-8-4-3-5-11(12(8)14)13(17)16-7-10-6-15-9(2)18-10/h3-6H,7H2,1-2H3,(H,16,17). The van der Waals surface area contributed by atoms with Crippen LogP contribution in [-0.2, 0) is 6.54 Å². The number of nitrogens with zero attached hydrogens (tertiary/aromatic N) is 1. The summed E-state index contributed by atoms with van der Waals surface area (Å²) >= 11 is 1.51. The monoisotopic (exact) mass is 264 g/mol. The average Bonchev–Trinajstić information content (AvgIpc) is 2.76. The van der Waals surface area contributed by atoms with Crippen LogP contribution >= 0.6 is 11.3 Å². The van der Waals surface area contributed by atoms with Crippen molar-refractivity contribution < 1.29 is 9.18 Å². The quantitative estimate of drug-likeness (QED) is 0.926. The molecule has 1 aromatic carbocycles. The van der Waals surface area contributed by atoms with E-state index in [0.717, 1.165) is 9.88 Å². The van der Waals surface area contributed by atoms with E-state index in [9.17, 15) is 9.18 Å². The third-order valence-corrected chi connectivity index (χ3v) is 3.44. The molecule has 0 spiro atoms. The molecule has 0 unspecified atom stereocenters. The summed E-state index contributed by atoms with van der Waals surface area (Å²) in [5.74, 6) is -0.863. The fraction of sp³-hybridized carbons (Fsp3) is 0.231. The number of halogens is 1. The van der Waals surface area contributed by atoms with Gasteiger partial charge < -0.3 is 5.32 Å². The van der Waals surface area contributed by atoms with Crippen molar-refractivity contribution in [1.82, 2.24) is 10.3 Å². The first-order valence-electron chi connectivity index (χ1n) is 5.52. The number of nitrogens with one attached hydrogen (secondary N) is 1. The summed E-state index contributed by atoms with van der Waals surface area (Å²) in [6, 6.07) is 4.79. The topological polar surface area (TPSA) is 42.0 Å². The summed E-state index contributed by atoms with van der Waals surface area (Å²) in [7, 11) is 0. The largest absolute Gasteiger partial charge is 0.347 e. The molecule has 0 saturated heterocycles. The molecule has 5 heteroatoms. The first-order valence-corrected chi connectivity index (χ1v) is 6.34. The molecule has 94 valence electrons. The SMILES string of the molecule is Cc1ncc(CNC(=O)c2cccc(C)c2F)s1. The van der Waals surface area contributed by atoms with E-state index in [4.69, 9.17) is 0 Å². The number of rotatable bonds is 3. The minimum Gasteiger partial charge on any atom is -0.347 e. The predicted octanol–water partition coefficient (Wildman–Crippen LogP) is 2.83. The molecule has 18 heavy (non-hydrogen) atoms. The van der Waals surface area contributed by atoms with Crippen molar-refractivity contribution in [2.24, 2.45) is 0 Å². The van der Waals surface area contributed by atoms with E-state index in [-0.39, 0.29) is 5.56 Å². The maximum absolute atomic E-state index is 13.7. The molecule has 0 fully saturated rings. The lowest BCUT2D eigenvalue weighted by Crippen LogP contribution is -2.23. The number of thiazole rings is 1. The fourth-order valence-electron chi connectivity index (χ4n) is 1.57. The van der Waals surface area contributed by atoms with Gasteiger partial charge in [-0.25, -0.2) is 9.37 Å². The first-order chi connectivity index (χ1) is 8.58. The van der Waals surface area contributed by atoms with Gasteiger partial charge in [-0.1, -0.05) is 12.1 Å². The molecular weight excluding hydrogens is 251 g/mol. The smallest absolute Gasteiger partial charge is 0.254 e. The Labute approximate surface area is 109 Å². The van der Waals surface area contributed by atoms with E-state index in [1.165, 1.54) is 17.4 Å². The lowest BCUT2D eigenvalue weighted by atomic mass is 10.1. The second kappa shape index (κ2) is 5.27. The Balaban J connectivity index is 2.06. The van der Waals surface area contributed by atoms with Crippen LogP contribution in [0.3, 0.4) is 0 Å². The maximum Gasteiger partial charge on any atom is 0.254 e. The molecule has 1 aromatic heterocycles. The van der Waals surface area contributed by atoms with Gasteiger partial charge in [0.25, 0.3) is 5.91 Å². The summed E-state index contributed by atoms with van der Waals surface area (Å²) in [5, 5.41) is 3.63. The number of aryl methyl sites for hydroxylation is 2. The van der Waals surface area contributed by atoms with Gasteiger partial charge in [0.2, 0.25) is 0 Å². The van der Waals surface area contributed by atoms with Crippen molar-refractivity contribution in [2.45, 2.75) is 20.4 Å². The minimum atomic E-state index is -0.463. The van der Waals surface area contributed by atoms with Crippen molar-refractivity contribution in [3.8, 4) is 0 Å². The molecule has 0 atom stereocenters. The van der Waals surface area contributed by atoms with Gasteiger partial charge in [-0.2, -0.15) is 0 Å². The van der Waals surface area contributed by atoms with Gasteiger partial charge in [-0.15, -0.1) is 11.3 Å². The molecule has 0 aliphatic carbocycles. The Kier molecular flexibility index (Phi) is 3.72. The van der Waals surface area contributed by atoms with Crippen LogP contribution in [0.25, 0.3) is 0 Å². The summed E-state index contributed by atoms with van der Waals surface area (Å²) in [5.41, 5.74) is 0.549. The number of aromatic nitrogens is 1. The third-order valence-electron chi connectivity index (χ3n) is 2.53. The van der Waals surface area contributed by atoms with E-state index in [1.807, 2.05) is 6.92 Å². The minimum absolute atomic E-state index is 0.0798.